The van der Waals surface area contributed by atoms with Gasteiger partial charge in [0.1, 0.15) is 18.1 Å². The van der Waals surface area contributed by atoms with Crippen LogP contribution in [-0.4, -0.2) is 11.7 Å². The van der Waals surface area contributed by atoms with Crippen LogP contribution in [0, 0.1) is 0 Å². The Hall–Kier alpha value is -1.42. The van der Waals surface area contributed by atoms with Crippen molar-refractivity contribution >= 4 is 5.69 Å². The first-order chi connectivity index (χ1) is 5.68. The second-order valence-corrected chi connectivity index (χ2v) is 2.87. The Kier molecular flexibility index (Phi) is 1.38. The monoisotopic (exact) mass is 166 g/mol. The van der Waals surface area contributed by atoms with E-state index in [1.54, 1.807) is 6.07 Å². The van der Waals surface area contributed by atoms with Gasteiger partial charge in [0.25, 0.3) is 0 Å². The summed E-state index contributed by atoms with van der Waals surface area (Å²) in [5.74, 6) is 0.743. The molecule has 1 aliphatic heterocycles. The lowest BCUT2D eigenvalue weighted by molar-refractivity contribution is 0.334. The van der Waals surface area contributed by atoms with Gasteiger partial charge in [-0.05, 0) is 6.07 Å². The molecular formula is C8H10N2O2. The number of rotatable bonds is 0. The zero-order chi connectivity index (χ0) is 8.72. The van der Waals surface area contributed by atoms with Crippen molar-refractivity contribution in [1.29, 1.82) is 0 Å². The summed E-state index contributed by atoms with van der Waals surface area (Å²) in [6.07, 6.45) is 0. The van der Waals surface area contributed by atoms with Crippen molar-refractivity contribution in [1.82, 2.24) is 0 Å². The summed E-state index contributed by atoms with van der Waals surface area (Å²) in [7, 11) is 0. The molecule has 64 valence electrons. The number of fused-ring (bicyclic) bond motifs is 1. The molecule has 2 rings (SSSR count). The molecule has 0 amide bonds. The van der Waals surface area contributed by atoms with E-state index in [2.05, 4.69) is 0 Å². The highest BCUT2D eigenvalue weighted by Crippen LogP contribution is 2.38. The van der Waals surface area contributed by atoms with Gasteiger partial charge in [-0.1, -0.05) is 0 Å². The highest BCUT2D eigenvalue weighted by atomic mass is 16.5. The molecule has 1 heterocycles. The standard InChI is InChI=1S/C8H10N2O2/c9-6-2-4(11)1-5-7(10)3-12-8(5)6/h1-2,7,11H,3,9-10H2. The Labute approximate surface area is 69.7 Å². The summed E-state index contributed by atoms with van der Waals surface area (Å²) in [4.78, 5) is 0. The van der Waals surface area contributed by atoms with Gasteiger partial charge in [0, 0.05) is 11.6 Å². The Bertz CT molecular complexity index is 325. The van der Waals surface area contributed by atoms with Crippen LogP contribution in [0.3, 0.4) is 0 Å². The van der Waals surface area contributed by atoms with Crippen LogP contribution in [0.5, 0.6) is 11.5 Å². The maximum atomic E-state index is 9.20. The molecule has 0 radical (unpaired) electrons. The van der Waals surface area contributed by atoms with Crippen molar-refractivity contribution in [3.05, 3.63) is 17.7 Å². The Balaban J connectivity index is 2.60. The molecule has 0 spiro atoms. The van der Waals surface area contributed by atoms with Gasteiger partial charge in [-0.15, -0.1) is 0 Å². The number of hydrogen-bond donors (Lipinski definition) is 3. The summed E-state index contributed by atoms with van der Waals surface area (Å²) in [5.41, 5.74) is 12.5. The molecule has 0 aromatic heterocycles. The van der Waals surface area contributed by atoms with Crippen LogP contribution in [-0.2, 0) is 0 Å². The molecule has 0 bridgehead atoms. The summed E-state index contributed by atoms with van der Waals surface area (Å²) in [5, 5.41) is 9.20. The molecular weight excluding hydrogens is 156 g/mol. The molecule has 1 unspecified atom stereocenters. The molecule has 4 nitrogen and oxygen atoms in total. The van der Waals surface area contributed by atoms with Gasteiger partial charge in [0.2, 0.25) is 0 Å². The second-order valence-electron chi connectivity index (χ2n) is 2.87. The first kappa shape index (κ1) is 7.24. The molecule has 1 aliphatic rings. The van der Waals surface area contributed by atoms with E-state index >= 15 is 0 Å². The Morgan fingerprint density at radius 1 is 1.50 bits per heavy atom. The number of aromatic hydroxyl groups is 1. The van der Waals surface area contributed by atoms with Crippen LogP contribution in [0.4, 0.5) is 5.69 Å². The first-order valence-corrected chi connectivity index (χ1v) is 3.69. The molecule has 12 heavy (non-hydrogen) atoms. The topological polar surface area (TPSA) is 81.5 Å². The number of benzene rings is 1. The molecule has 1 aromatic rings. The number of ether oxygens (including phenoxy) is 1. The highest BCUT2D eigenvalue weighted by Gasteiger charge is 2.23. The summed E-state index contributed by atoms with van der Waals surface area (Å²) < 4.78 is 5.24. The molecule has 0 saturated heterocycles. The average Bonchev–Trinajstić information content (AvgIpc) is 2.33. The molecule has 1 atom stereocenters. The van der Waals surface area contributed by atoms with Gasteiger partial charge in [-0.2, -0.15) is 0 Å². The van der Waals surface area contributed by atoms with Crippen LogP contribution in [0.2, 0.25) is 0 Å². The smallest absolute Gasteiger partial charge is 0.147 e. The Morgan fingerprint density at radius 3 is 3.00 bits per heavy atom. The predicted molar refractivity (Wildman–Crippen MR) is 44.9 cm³/mol. The number of nitrogens with two attached hydrogens (primary N) is 2. The van der Waals surface area contributed by atoms with Crippen LogP contribution in [0.1, 0.15) is 11.6 Å². The highest BCUT2D eigenvalue weighted by molar-refractivity contribution is 5.62. The van der Waals surface area contributed by atoms with E-state index in [0.717, 1.165) is 5.56 Å². The summed E-state index contributed by atoms with van der Waals surface area (Å²) >= 11 is 0. The predicted octanol–water partition coefficient (Wildman–Crippen LogP) is 0.367. The zero-order valence-corrected chi connectivity index (χ0v) is 6.45. The van der Waals surface area contributed by atoms with Gasteiger partial charge < -0.3 is 21.3 Å². The van der Waals surface area contributed by atoms with Crippen LogP contribution < -0.4 is 16.2 Å². The normalized spacial score (nSPS) is 20.2. The minimum atomic E-state index is -0.172. The van der Waals surface area contributed by atoms with Gasteiger partial charge >= 0.3 is 0 Å². The molecule has 1 aromatic carbocycles. The summed E-state index contributed by atoms with van der Waals surface area (Å²) in [6, 6.07) is 2.87. The lowest BCUT2D eigenvalue weighted by Gasteiger charge is -2.04. The lowest BCUT2D eigenvalue weighted by Crippen LogP contribution is -2.10. The third kappa shape index (κ3) is 0.887. The quantitative estimate of drug-likeness (QED) is 0.486. The fraction of sp³-hybridized carbons (Fsp3) is 0.250. The minimum absolute atomic E-state index is 0.132. The number of hydrogen-bond acceptors (Lipinski definition) is 4. The molecule has 5 N–H and O–H groups in total. The van der Waals surface area contributed by atoms with E-state index in [1.807, 2.05) is 0 Å². The van der Waals surface area contributed by atoms with Crippen LogP contribution in [0.25, 0.3) is 0 Å². The number of phenolic OH excluding ortho intramolecular Hbond substituents is 1. The molecule has 0 fully saturated rings. The van der Waals surface area contributed by atoms with Crippen molar-refractivity contribution in [2.24, 2.45) is 5.73 Å². The summed E-state index contributed by atoms with van der Waals surface area (Å²) in [6.45, 7) is 0.434. The van der Waals surface area contributed by atoms with Gasteiger partial charge in [0.05, 0.1) is 11.7 Å². The van der Waals surface area contributed by atoms with Crippen molar-refractivity contribution in [2.75, 3.05) is 12.3 Å². The van der Waals surface area contributed by atoms with Crippen molar-refractivity contribution in [2.45, 2.75) is 6.04 Å². The van der Waals surface area contributed by atoms with Crippen molar-refractivity contribution < 1.29 is 9.84 Å². The lowest BCUT2D eigenvalue weighted by atomic mass is 10.1. The largest absolute Gasteiger partial charge is 0.508 e. The van der Waals surface area contributed by atoms with Crippen LogP contribution in [0.15, 0.2) is 12.1 Å². The Morgan fingerprint density at radius 2 is 2.25 bits per heavy atom. The second kappa shape index (κ2) is 2.28. The van der Waals surface area contributed by atoms with Crippen molar-refractivity contribution in [3.63, 3.8) is 0 Å². The number of anilines is 1. The van der Waals surface area contributed by atoms with Crippen LogP contribution >= 0.6 is 0 Å². The average molecular weight is 166 g/mol. The van der Waals surface area contributed by atoms with E-state index in [9.17, 15) is 5.11 Å². The van der Waals surface area contributed by atoms with E-state index in [-0.39, 0.29) is 11.8 Å². The fourth-order valence-electron chi connectivity index (χ4n) is 1.36. The zero-order valence-electron chi connectivity index (χ0n) is 6.45. The maximum Gasteiger partial charge on any atom is 0.147 e. The van der Waals surface area contributed by atoms with E-state index in [0.29, 0.717) is 18.0 Å². The number of nitrogen functional groups attached to an aromatic ring is 1. The first-order valence-electron chi connectivity index (χ1n) is 3.69. The van der Waals surface area contributed by atoms with E-state index < -0.39 is 0 Å². The third-order valence-electron chi connectivity index (χ3n) is 1.94. The SMILES string of the molecule is Nc1cc(O)cc2c1OCC2N. The van der Waals surface area contributed by atoms with Gasteiger partial charge in [-0.25, -0.2) is 0 Å². The number of phenols is 1. The minimum Gasteiger partial charge on any atom is -0.508 e. The molecule has 4 heteroatoms. The molecule has 0 aliphatic carbocycles. The maximum absolute atomic E-state index is 9.20. The fourth-order valence-corrected chi connectivity index (χ4v) is 1.36. The third-order valence-corrected chi connectivity index (χ3v) is 1.94. The van der Waals surface area contributed by atoms with E-state index in [4.69, 9.17) is 16.2 Å². The van der Waals surface area contributed by atoms with Crippen molar-refractivity contribution in [3.8, 4) is 11.5 Å². The van der Waals surface area contributed by atoms with Gasteiger partial charge in [-0.3, -0.25) is 0 Å². The van der Waals surface area contributed by atoms with E-state index in [1.165, 1.54) is 6.07 Å². The van der Waals surface area contributed by atoms with Gasteiger partial charge in [0.15, 0.2) is 0 Å². The molecule has 0 saturated carbocycles.